The molecule has 23 heavy (non-hydrogen) atoms. The molecule has 0 heterocycles. The summed E-state index contributed by atoms with van der Waals surface area (Å²) in [4.78, 5) is 25.8. The summed E-state index contributed by atoms with van der Waals surface area (Å²) in [5.41, 5.74) is 0.962. The molecule has 1 fully saturated rings. The smallest absolute Gasteiger partial charge is 0.226 e. The van der Waals surface area contributed by atoms with Gasteiger partial charge in [-0.05, 0) is 25.0 Å². The number of amides is 2. The average molecular weight is 313 g/mol. The molecule has 5 nitrogen and oxygen atoms in total. The summed E-state index contributed by atoms with van der Waals surface area (Å²) in [6, 6.07) is 9.23. The average Bonchev–Trinajstić information content (AvgIpc) is 2.56. The van der Waals surface area contributed by atoms with Gasteiger partial charge in [0.25, 0.3) is 0 Å². The van der Waals surface area contributed by atoms with Gasteiger partial charge in [-0.15, -0.1) is 0 Å². The van der Waals surface area contributed by atoms with Crippen molar-refractivity contribution in [3.63, 3.8) is 0 Å². The molecule has 1 N–H and O–H groups in total. The molecule has 5 heteroatoms. The van der Waals surface area contributed by atoms with Gasteiger partial charge in [-0.2, -0.15) is 5.26 Å². The molecule has 1 aromatic carbocycles. The Morgan fingerprint density at radius 2 is 1.96 bits per heavy atom. The van der Waals surface area contributed by atoms with Crippen LogP contribution in [0.3, 0.4) is 0 Å². The minimum absolute atomic E-state index is 0.0297. The molecule has 122 valence electrons. The van der Waals surface area contributed by atoms with E-state index >= 15 is 0 Å². The van der Waals surface area contributed by atoms with Gasteiger partial charge in [-0.1, -0.05) is 31.4 Å². The van der Waals surface area contributed by atoms with Crippen molar-refractivity contribution < 1.29 is 9.59 Å². The number of nitriles is 1. The number of para-hydroxylation sites is 1. The maximum Gasteiger partial charge on any atom is 0.226 e. The number of carbonyl (C=O) groups excluding carboxylic acids is 2. The van der Waals surface area contributed by atoms with Crippen molar-refractivity contribution in [2.45, 2.75) is 51.5 Å². The van der Waals surface area contributed by atoms with Crippen molar-refractivity contribution in [1.29, 1.82) is 5.26 Å². The second kappa shape index (κ2) is 8.33. The van der Waals surface area contributed by atoms with E-state index in [-0.39, 0.29) is 24.3 Å². The fourth-order valence-electron chi connectivity index (χ4n) is 3.11. The second-order valence-corrected chi connectivity index (χ2v) is 5.96. The first-order valence-electron chi connectivity index (χ1n) is 8.18. The van der Waals surface area contributed by atoms with E-state index < -0.39 is 0 Å². The highest BCUT2D eigenvalue weighted by atomic mass is 16.2. The molecule has 1 aliphatic rings. The van der Waals surface area contributed by atoms with Crippen LogP contribution in [0.25, 0.3) is 0 Å². The molecule has 0 radical (unpaired) electrons. The summed E-state index contributed by atoms with van der Waals surface area (Å²) in [5, 5.41) is 11.8. The molecule has 2 amide bonds. The molecular weight excluding hydrogens is 290 g/mol. The van der Waals surface area contributed by atoms with Gasteiger partial charge in [0.05, 0.1) is 11.3 Å². The highest BCUT2D eigenvalue weighted by Crippen LogP contribution is 2.23. The molecular formula is C18H23N3O2. The van der Waals surface area contributed by atoms with Crippen molar-refractivity contribution in [2.24, 2.45) is 0 Å². The van der Waals surface area contributed by atoms with E-state index in [1.807, 2.05) is 4.90 Å². The van der Waals surface area contributed by atoms with Crippen LogP contribution in [0.4, 0.5) is 5.69 Å². The summed E-state index contributed by atoms with van der Waals surface area (Å²) < 4.78 is 0. The predicted molar refractivity (Wildman–Crippen MR) is 88.7 cm³/mol. The number of hydrogen-bond donors (Lipinski definition) is 1. The zero-order chi connectivity index (χ0) is 16.7. The highest BCUT2D eigenvalue weighted by molar-refractivity contribution is 5.92. The highest BCUT2D eigenvalue weighted by Gasteiger charge is 2.23. The van der Waals surface area contributed by atoms with Crippen molar-refractivity contribution in [3.8, 4) is 6.07 Å². The molecule has 0 aliphatic heterocycles. The van der Waals surface area contributed by atoms with Crippen LogP contribution >= 0.6 is 0 Å². The molecule has 0 aromatic heterocycles. The molecule has 0 bridgehead atoms. The number of carbonyl (C=O) groups is 2. The standard InChI is InChI=1S/C18H23N3O2/c1-14(22)21(16-8-3-2-4-9-16)12-11-18(23)20-17-10-6-5-7-15(17)13-19/h5-7,10,16H,2-4,8-9,11-12H2,1H3,(H,20,23). The maximum absolute atomic E-state index is 12.1. The van der Waals surface area contributed by atoms with Crippen LogP contribution in [-0.4, -0.2) is 29.3 Å². The van der Waals surface area contributed by atoms with E-state index in [9.17, 15) is 9.59 Å². The molecule has 0 saturated heterocycles. The monoisotopic (exact) mass is 313 g/mol. The van der Waals surface area contributed by atoms with Gasteiger partial charge in [0, 0.05) is 25.9 Å². The Hall–Kier alpha value is -2.35. The Labute approximate surface area is 137 Å². The first kappa shape index (κ1) is 17.0. The molecule has 0 spiro atoms. The lowest BCUT2D eigenvalue weighted by atomic mass is 9.94. The Bertz CT molecular complexity index is 601. The molecule has 0 atom stereocenters. The van der Waals surface area contributed by atoms with Gasteiger partial charge in [-0.3, -0.25) is 9.59 Å². The van der Waals surface area contributed by atoms with Crippen molar-refractivity contribution in [2.75, 3.05) is 11.9 Å². The third-order valence-corrected chi connectivity index (χ3v) is 4.32. The fraction of sp³-hybridized carbons (Fsp3) is 0.500. The lowest BCUT2D eigenvalue weighted by Gasteiger charge is -2.33. The molecule has 0 unspecified atom stereocenters. The van der Waals surface area contributed by atoms with Crippen LogP contribution in [0.5, 0.6) is 0 Å². The van der Waals surface area contributed by atoms with E-state index in [2.05, 4.69) is 11.4 Å². The van der Waals surface area contributed by atoms with Crippen LogP contribution in [0, 0.1) is 11.3 Å². The first-order valence-corrected chi connectivity index (χ1v) is 8.18. The number of nitrogens with one attached hydrogen (secondary N) is 1. The minimum Gasteiger partial charge on any atom is -0.339 e. The summed E-state index contributed by atoms with van der Waals surface area (Å²) in [6.45, 7) is 2.00. The van der Waals surface area contributed by atoms with Crippen LogP contribution in [0.15, 0.2) is 24.3 Å². The second-order valence-electron chi connectivity index (χ2n) is 5.96. The van der Waals surface area contributed by atoms with E-state index in [1.165, 1.54) is 6.42 Å². The number of rotatable bonds is 5. The first-order chi connectivity index (χ1) is 11.1. The number of nitrogens with zero attached hydrogens (tertiary/aromatic N) is 2. The van der Waals surface area contributed by atoms with Crippen LogP contribution in [0.2, 0.25) is 0 Å². The summed E-state index contributed by atoms with van der Waals surface area (Å²) >= 11 is 0. The minimum atomic E-state index is -0.172. The quantitative estimate of drug-likeness (QED) is 0.908. The zero-order valence-electron chi connectivity index (χ0n) is 13.5. The van der Waals surface area contributed by atoms with Crippen LogP contribution < -0.4 is 5.32 Å². The van der Waals surface area contributed by atoms with Gasteiger partial charge in [0.15, 0.2) is 0 Å². The van der Waals surface area contributed by atoms with Gasteiger partial charge in [0.2, 0.25) is 11.8 Å². The predicted octanol–water partition coefficient (Wildman–Crippen LogP) is 3.07. The van der Waals surface area contributed by atoms with E-state index in [1.54, 1.807) is 31.2 Å². The topological polar surface area (TPSA) is 73.2 Å². The van der Waals surface area contributed by atoms with Gasteiger partial charge >= 0.3 is 0 Å². The van der Waals surface area contributed by atoms with E-state index in [0.29, 0.717) is 17.8 Å². The Morgan fingerprint density at radius 1 is 1.26 bits per heavy atom. The lowest BCUT2D eigenvalue weighted by Crippen LogP contribution is -2.41. The molecule has 1 aliphatic carbocycles. The maximum atomic E-state index is 12.1. The summed E-state index contributed by atoms with van der Waals surface area (Å²) in [6.07, 6.45) is 5.83. The Balaban J connectivity index is 1.91. The molecule has 2 rings (SSSR count). The Morgan fingerprint density at radius 3 is 2.61 bits per heavy atom. The normalized spacial score (nSPS) is 14.8. The van der Waals surface area contributed by atoms with Gasteiger partial charge in [-0.25, -0.2) is 0 Å². The van der Waals surface area contributed by atoms with Crippen molar-refractivity contribution in [1.82, 2.24) is 4.90 Å². The fourth-order valence-corrected chi connectivity index (χ4v) is 3.11. The summed E-state index contributed by atoms with van der Waals surface area (Å²) in [5.74, 6) is -0.142. The summed E-state index contributed by atoms with van der Waals surface area (Å²) in [7, 11) is 0. The van der Waals surface area contributed by atoms with Crippen LogP contribution in [0.1, 0.15) is 51.0 Å². The van der Waals surface area contributed by atoms with Crippen molar-refractivity contribution >= 4 is 17.5 Å². The van der Waals surface area contributed by atoms with E-state index in [4.69, 9.17) is 5.26 Å². The number of anilines is 1. The largest absolute Gasteiger partial charge is 0.339 e. The number of hydrogen-bond acceptors (Lipinski definition) is 3. The number of benzene rings is 1. The van der Waals surface area contributed by atoms with E-state index in [0.717, 1.165) is 25.7 Å². The zero-order valence-corrected chi connectivity index (χ0v) is 13.5. The molecule has 1 saturated carbocycles. The third-order valence-electron chi connectivity index (χ3n) is 4.32. The lowest BCUT2D eigenvalue weighted by molar-refractivity contribution is -0.132. The van der Waals surface area contributed by atoms with Crippen LogP contribution in [-0.2, 0) is 9.59 Å². The van der Waals surface area contributed by atoms with Crippen molar-refractivity contribution in [3.05, 3.63) is 29.8 Å². The molecule has 1 aromatic rings. The third kappa shape index (κ3) is 4.82. The Kier molecular flexibility index (Phi) is 6.16. The van der Waals surface area contributed by atoms with Gasteiger partial charge < -0.3 is 10.2 Å². The SMILES string of the molecule is CC(=O)N(CCC(=O)Nc1ccccc1C#N)C1CCCCC1. The van der Waals surface area contributed by atoms with Gasteiger partial charge in [0.1, 0.15) is 6.07 Å².